The predicted octanol–water partition coefficient (Wildman–Crippen LogP) is -2.78. The molecule has 0 bridgehead atoms. The molecule has 0 aromatic heterocycles. The van der Waals surface area contributed by atoms with Crippen LogP contribution in [0.1, 0.15) is 15.9 Å². The van der Waals surface area contributed by atoms with Crippen LogP contribution in [0.25, 0.3) is 0 Å². The van der Waals surface area contributed by atoms with Crippen molar-refractivity contribution in [2.45, 2.75) is 6.32 Å². The summed E-state index contributed by atoms with van der Waals surface area (Å²) in [6.45, 7) is 0. The maximum atomic E-state index is 11.2. The summed E-state index contributed by atoms with van der Waals surface area (Å²) in [7, 11) is 6.56. The number of benzene rings is 1. The summed E-state index contributed by atoms with van der Waals surface area (Å²) in [4.78, 5) is 11.0. The Balaban J connectivity index is 0.00000169. The van der Waals surface area contributed by atoms with Gasteiger partial charge in [-0.1, -0.05) is 24.0 Å². The summed E-state index contributed by atoms with van der Waals surface area (Å²) in [5.74, 6) is -0.744. The zero-order chi connectivity index (χ0) is 9.84. The molecule has 0 saturated carbocycles. The van der Waals surface area contributed by atoms with Crippen LogP contribution in [0.4, 0.5) is 0 Å². The molecule has 1 aromatic rings. The van der Waals surface area contributed by atoms with E-state index in [9.17, 15) is 9.90 Å². The van der Waals surface area contributed by atoms with E-state index in [0.717, 1.165) is 0 Å². The zero-order valence-electron chi connectivity index (χ0n) is 8.24. The van der Waals surface area contributed by atoms with E-state index >= 15 is 0 Å². The molecule has 0 N–H and O–H groups in total. The first-order chi connectivity index (χ1) is 6.19. The Morgan fingerprint density at radius 2 is 2.21 bits per heavy atom. The molecule has 0 atom stereocenters. The van der Waals surface area contributed by atoms with E-state index in [0.29, 0.717) is 5.56 Å². The van der Waals surface area contributed by atoms with Crippen molar-refractivity contribution < 1.29 is 72.8 Å². The number of hydrogen-bond acceptors (Lipinski definition) is 3. The van der Waals surface area contributed by atoms with Gasteiger partial charge in [0.05, 0.1) is 20.5 Å². The van der Waals surface area contributed by atoms with Gasteiger partial charge < -0.3 is 9.84 Å². The molecule has 0 aliphatic rings. The largest absolute Gasteiger partial charge is 1.00 e. The molecule has 5 heteroatoms. The van der Waals surface area contributed by atoms with Crippen LogP contribution in [-0.2, 0) is 11.1 Å². The first-order valence-corrected chi connectivity index (χ1v) is 3.77. The smallest absolute Gasteiger partial charge is 0.872 e. The van der Waals surface area contributed by atoms with Gasteiger partial charge in [0.2, 0.25) is 0 Å². The van der Waals surface area contributed by atoms with Gasteiger partial charge >= 0.3 is 64.2 Å². The van der Waals surface area contributed by atoms with Crippen molar-refractivity contribution in [2.24, 2.45) is 0 Å². The van der Waals surface area contributed by atoms with E-state index in [1.54, 1.807) is 0 Å². The molecule has 2 radical (unpaired) electrons. The molecule has 0 aliphatic carbocycles. The Labute approximate surface area is 133 Å². The summed E-state index contributed by atoms with van der Waals surface area (Å²) < 4.78 is 4.46. The second-order valence-electron chi connectivity index (χ2n) is 2.52. The van der Waals surface area contributed by atoms with Gasteiger partial charge in [0.15, 0.2) is 0 Å². The molecule has 0 unspecified atom stereocenters. The molecule has 0 saturated heterocycles. The van der Waals surface area contributed by atoms with E-state index in [-0.39, 0.29) is 75.8 Å². The molecule has 3 nitrogen and oxygen atoms in total. The van der Waals surface area contributed by atoms with Crippen LogP contribution in [-0.4, -0.2) is 20.9 Å². The summed E-state index contributed by atoms with van der Waals surface area (Å²) in [5, 5.41) is 11.2. The van der Waals surface area contributed by atoms with Crippen LogP contribution in [0, 0.1) is 0 Å². The minimum atomic E-state index is -0.513. The van der Waals surface area contributed by atoms with Gasteiger partial charge in [-0.05, 0) is 6.07 Å². The number of hydrogen-bond donors (Lipinski definition) is 0. The average Bonchev–Trinajstić information content (AvgIpc) is 2.16. The van der Waals surface area contributed by atoms with Gasteiger partial charge in [-0.2, -0.15) is 0 Å². The molecule has 1 rings (SSSR count). The Kier molecular flexibility index (Phi) is 6.95. The second-order valence-corrected chi connectivity index (χ2v) is 2.52. The first-order valence-electron chi connectivity index (χ1n) is 3.77. The Bertz CT molecular complexity index is 328. The van der Waals surface area contributed by atoms with E-state index in [1.165, 1.54) is 25.3 Å². The Morgan fingerprint density at radius 3 is 2.64 bits per heavy atom. The normalized spacial score (nSPS) is 8.93. The van der Waals surface area contributed by atoms with Crippen molar-refractivity contribution in [1.82, 2.24) is 0 Å². The van der Waals surface area contributed by atoms with Crippen LogP contribution in [0.3, 0.4) is 0 Å². The molecule has 0 amide bonds. The fraction of sp³-hybridized carbons (Fsp3) is 0.222. The molecule has 0 aliphatic heterocycles. The van der Waals surface area contributed by atoms with E-state index < -0.39 is 5.97 Å². The molecule has 1 aromatic carbocycles. The first kappa shape index (κ1) is 14.4. The summed E-state index contributed by atoms with van der Waals surface area (Å²) in [6.07, 6.45) is 0.181. The van der Waals surface area contributed by atoms with Crippen molar-refractivity contribution in [1.29, 1.82) is 0 Å². The average molecular weight is 260 g/mol. The van der Waals surface area contributed by atoms with Crippen molar-refractivity contribution in [3.63, 3.8) is 0 Å². The zero-order valence-corrected chi connectivity index (χ0v) is 13.2. The predicted molar refractivity (Wildman–Crippen MR) is 46.7 cm³/mol. The summed E-state index contributed by atoms with van der Waals surface area (Å²) >= 11 is 0. The van der Waals surface area contributed by atoms with Gasteiger partial charge in [0.1, 0.15) is 0 Å². The van der Waals surface area contributed by atoms with E-state index in [2.05, 4.69) is 4.74 Å². The van der Waals surface area contributed by atoms with Gasteiger partial charge in [0.25, 0.3) is 0 Å². The summed E-state index contributed by atoms with van der Waals surface area (Å²) in [6, 6.07) is 4.29. The third-order valence-electron chi connectivity index (χ3n) is 1.71. The van der Waals surface area contributed by atoms with Crippen molar-refractivity contribution in [3.8, 4) is 5.75 Å². The van der Waals surface area contributed by atoms with E-state index in [1.807, 2.05) is 0 Å². The number of esters is 1. The Hall–Kier alpha value is 0.360. The molecular weight excluding hydrogens is 252 g/mol. The van der Waals surface area contributed by atoms with Crippen LogP contribution in [0.15, 0.2) is 18.2 Å². The maximum absolute atomic E-state index is 11.2. The molecule has 0 spiro atoms. The van der Waals surface area contributed by atoms with Gasteiger partial charge in [-0.15, -0.1) is 5.75 Å². The SMILES string of the molecule is [B]Cc1ccc(C(=O)OC)cc1[O-].[Rb+]. The molecule has 0 heterocycles. The van der Waals surface area contributed by atoms with Crippen molar-refractivity contribution in [2.75, 3.05) is 7.11 Å². The minimum Gasteiger partial charge on any atom is -0.872 e. The molecule has 66 valence electrons. The van der Waals surface area contributed by atoms with Gasteiger partial charge in [0, 0.05) is 0 Å². The molecular formula is C9H8BO3Rb. The molecule has 14 heavy (non-hydrogen) atoms. The van der Waals surface area contributed by atoms with Crippen LogP contribution >= 0.6 is 0 Å². The van der Waals surface area contributed by atoms with Crippen LogP contribution in [0.2, 0.25) is 0 Å². The fourth-order valence-corrected chi connectivity index (χ4v) is 0.968. The van der Waals surface area contributed by atoms with Gasteiger partial charge in [-0.3, -0.25) is 0 Å². The number of carbonyl (C=O) groups excluding carboxylic acids is 1. The van der Waals surface area contributed by atoms with Crippen LogP contribution < -0.4 is 63.3 Å². The Morgan fingerprint density at radius 1 is 1.57 bits per heavy atom. The number of rotatable bonds is 2. The van der Waals surface area contributed by atoms with Crippen molar-refractivity contribution in [3.05, 3.63) is 29.3 Å². The number of ether oxygens (including phenoxy) is 1. The summed E-state index contributed by atoms with van der Waals surface area (Å²) in [5.41, 5.74) is 0.748. The third kappa shape index (κ3) is 3.50. The minimum absolute atomic E-state index is 0. The third-order valence-corrected chi connectivity index (χ3v) is 1.71. The van der Waals surface area contributed by atoms with Gasteiger partial charge in [-0.25, -0.2) is 4.79 Å². The van der Waals surface area contributed by atoms with Crippen molar-refractivity contribution >= 4 is 13.8 Å². The van der Waals surface area contributed by atoms with Crippen LogP contribution in [0.5, 0.6) is 5.75 Å². The monoisotopic (exact) mass is 260 g/mol. The standard InChI is InChI=1S/C9H9BO3.Rb/c1-13-9(12)6-2-3-7(5-10)8(11)4-6;/h2-4,11H,5H2,1H3;/q;+1/p-1. The topological polar surface area (TPSA) is 49.4 Å². The number of carbonyl (C=O) groups is 1. The fourth-order valence-electron chi connectivity index (χ4n) is 0.968. The second kappa shape index (κ2) is 6.77. The maximum Gasteiger partial charge on any atom is 1.00 e. The quantitative estimate of drug-likeness (QED) is 0.427. The van der Waals surface area contributed by atoms with E-state index in [4.69, 9.17) is 7.85 Å². The number of methoxy groups -OCH3 is 1. The molecule has 0 fully saturated rings.